The molecule has 2 atom stereocenters. The second kappa shape index (κ2) is 3.46. The lowest BCUT2D eigenvalue weighted by molar-refractivity contribution is -0.123. The molecule has 1 saturated heterocycles. The zero-order chi connectivity index (χ0) is 10.3. The Labute approximate surface area is 91.7 Å². The fourth-order valence-electron chi connectivity index (χ4n) is 1.06. The molecule has 1 heterocycles. The molecule has 1 amide bonds. The standard InChI is InChI=1S/C7H10Cl3NO2/c1-3-6(2)11-5(12)4(13-6)7(8,9)10/h4H,3H2,1-2H3,(H,11,12). The number of carbonyl (C=O) groups is 1. The highest BCUT2D eigenvalue weighted by molar-refractivity contribution is 6.68. The van der Waals surface area contributed by atoms with Crippen LogP contribution in [0.5, 0.6) is 0 Å². The highest BCUT2D eigenvalue weighted by Gasteiger charge is 2.50. The highest BCUT2D eigenvalue weighted by atomic mass is 35.6. The largest absolute Gasteiger partial charge is 0.338 e. The summed E-state index contributed by atoms with van der Waals surface area (Å²) in [4.78, 5) is 11.3. The minimum atomic E-state index is -1.71. The van der Waals surface area contributed by atoms with Gasteiger partial charge in [-0.3, -0.25) is 4.79 Å². The third-order valence-corrected chi connectivity index (χ3v) is 2.57. The van der Waals surface area contributed by atoms with Crippen molar-refractivity contribution in [1.29, 1.82) is 0 Å². The molecule has 0 aromatic carbocycles. The lowest BCUT2D eigenvalue weighted by Crippen LogP contribution is -2.38. The van der Waals surface area contributed by atoms with Gasteiger partial charge in [0.1, 0.15) is 5.72 Å². The topological polar surface area (TPSA) is 38.3 Å². The van der Waals surface area contributed by atoms with Gasteiger partial charge in [0, 0.05) is 0 Å². The molecule has 0 saturated carbocycles. The number of hydrogen-bond acceptors (Lipinski definition) is 2. The van der Waals surface area contributed by atoms with Gasteiger partial charge in [0.15, 0.2) is 6.10 Å². The van der Waals surface area contributed by atoms with E-state index in [1.54, 1.807) is 6.92 Å². The first kappa shape index (κ1) is 11.4. The molecule has 0 aromatic heterocycles. The van der Waals surface area contributed by atoms with Crippen molar-refractivity contribution >= 4 is 40.7 Å². The van der Waals surface area contributed by atoms with E-state index >= 15 is 0 Å². The Morgan fingerprint density at radius 3 is 2.38 bits per heavy atom. The molecule has 0 bridgehead atoms. The van der Waals surface area contributed by atoms with E-state index in [9.17, 15) is 4.79 Å². The predicted molar refractivity (Wildman–Crippen MR) is 52.0 cm³/mol. The molecule has 3 nitrogen and oxygen atoms in total. The molecule has 0 aliphatic carbocycles. The smallest absolute Gasteiger partial charge is 0.255 e. The van der Waals surface area contributed by atoms with Crippen molar-refractivity contribution in [2.24, 2.45) is 0 Å². The SMILES string of the molecule is CCC1(C)NC(=O)C(C(Cl)(Cl)Cl)O1. The zero-order valence-corrected chi connectivity index (χ0v) is 9.50. The lowest BCUT2D eigenvalue weighted by atomic mass is 10.2. The fraction of sp³-hybridized carbons (Fsp3) is 0.857. The molecule has 0 radical (unpaired) electrons. The average molecular weight is 247 g/mol. The number of rotatable bonds is 1. The van der Waals surface area contributed by atoms with Gasteiger partial charge in [-0.1, -0.05) is 41.7 Å². The third-order valence-electron chi connectivity index (χ3n) is 1.98. The summed E-state index contributed by atoms with van der Waals surface area (Å²) in [7, 11) is 0. The number of alkyl halides is 3. The molecule has 76 valence electrons. The summed E-state index contributed by atoms with van der Waals surface area (Å²) in [5.41, 5.74) is -0.717. The first-order chi connectivity index (χ1) is 5.78. The first-order valence-electron chi connectivity index (χ1n) is 3.85. The van der Waals surface area contributed by atoms with Gasteiger partial charge in [-0.25, -0.2) is 0 Å². The number of halogens is 3. The average Bonchev–Trinajstić information content (AvgIpc) is 2.27. The van der Waals surface area contributed by atoms with Crippen LogP contribution in [0, 0.1) is 0 Å². The molecule has 1 fully saturated rings. The van der Waals surface area contributed by atoms with Crippen molar-refractivity contribution in [2.75, 3.05) is 0 Å². The summed E-state index contributed by atoms with van der Waals surface area (Å²) in [6.45, 7) is 3.61. The molecular formula is C7H10Cl3NO2. The highest BCUT2D eigenvalue weighted by Crippen LogP contribution is 2.37. The van der Waals surface area contributed by atoms with E-state index in [4.69, 9.17) is 39.5 Å². The molecular weight excluding hydrogens is 236 g/mol. The Balaban J connectivity index is 2.79. The Morgan fingerprint density at radius 2 is 2.15 bits per heavy atom. The monoisotopic (exact) mass is 245 g/mol. The fourth-order valence-corrected chi connectivity index (χ4v) is 1.49. The summed E-state index contributed by atoms with van der Waals surface area (Å²) in [6.07, 6.45) is -0.404. The van der Waals surface area contributed by atoms with Gasteiger partial charge in [-0.05, 0) is 13.3 Å². The van der Waals surface area contributed by atoms with Crippen molar-refractivity contribution < 1.29 is 9.53 Å². The number of ether oxygens (including phenoxy) is 1. The van der Waals surface area contributed by atoms with E-state index in [-0.39, 0.29) is 5.91 Å². The molecule has 6 heteroatoms. The van der Waals surface area contributed by atoms with Gasteiger partial charge in [0.25, 0.3) is 5.91 Å². The second-order valence-electron chi connectivity index (χ2n) is 3.11. The van der Waals surface area contributed by atoms with Gasteiger partial charge >= 0.3 is 0 Å². The van der Waals surface area contributed by atoms with Crippen LogP contribution in [0.25, 0.3) is 0 Å². The molecule has 1 aliphatic rings. The Bertz CT molecular complexity index is 228. The van der Waals surface area contributed by atoms with Crippen molar-refractivity contribution in [3.05, 3.63) is 0 Å². The van der Waals surface area contributed by atoms with Crippen LogP contribution < -0.4 is 5.32 Å². The van der Waals surface area contributed by atoms with E-state index < -0.39 is 15.6 Å². The first-order valence-corrected chi connectivity index (χ1v) is 4.98. The van der Waals surface area contributed by atoms with Gasteiger partial charge in [-0.2, -0.15) is 0 Å². The van der Waals surface area contributed by atoms with Crippen molar-refractivity contribution in [3.63, 3.8) is 0 Å². The van der Waals surface area contributed by atoms with Crippen LogP contribution in [-0.2, 0) is 9.53 Å². The van der Waals surface area contributed by atoms with Crippen molar-refractivity contribution in [1.82, 2.24) is 5.32 Å². The predicted octanol–water partition coefficient (Wildman–Crippen LogP) is 2.00. The molecule has 1 rings (SSSR count). The van der Waals surface area contributed by atoms with Crippen LogP contribution in [0.4, 0.5) is 0 Å². The van der Waals surface area contributed by atoms with Crippen molar-refractivity contribution in [2.45, 2.75) is 35.9 Å². The summed E-state index contributed by atoms with van der Waals surface area (Å²) in [5, 5.41) is 2.62. The van der Waals surface area contributed by atoms with E-state index in [0.29, 0.717) is 6.42 Å². The summed E-state index contributed by atoms with van der Waals surface area (Å²) >= 11 is 16.7. The summed E-state index contributed by atoms with van der Waals surface area (Å²) < 4.78 is 3.61. The lowest BCUT2D eigenvalue weighted by Gasteiger charge is -2.23. The van der Waals surface area contributed by atoms with E-state index in [0.717, 1.165) is 0 Å². The quantitative estimate of drug-likeness (QED) is 0.719. The number of nitrogens with one attached hydrogen (secondary N) is 1. The van der Waals surface area contributed by atoms with Crippen LogP contribution in [0.15, 0.2) is 0 Å². The zero-order valence-electron chi connectivity index (χ0n) is 7.23. The second-order valence-corrected chi connectivity index (χ2v) is 5.48. The maximum Gasteiger partial charge on any atom is 0.255 e. The van der Waals surface area contributed by atoms with E-state index in [2.05, 4.69) is 5.32 Å². The third kappa shape index (κ3) is 2.40. The molecule has 1 aliphatic heterocycles. The minimum absolute atomic E-state index is 0.385. The number of carbonyl (C=O) groups excluding carboxylic acids is 1. The van der Waals surface area contributed by atoms with Crippen LogP contribution in [0.1, 0.15) is 20.3 Å². The van der Waals surface area contributed by atoms with Gasteiger partial charge in [0.05, 0.1) is 0 Å². The number of amides is 1. The van der Waals surface area contributed by atoms with E-state index in [1.807, 2.05) is 6.92 Å². The molecule has 1 N–H and O–H groups in total. The maximum atomic E-state index is 11.3. The van der Waals surface area contributed by atoms with Gasteiger partial charge < -0.3 is 10.1 Å². The van der Waals surface area contributed by atoms with Crippen molar-refractivity contribution in [3.8, 4) is 0 Å². The Kier molecular flexibility index (Phi) is 3.03. The minimum Gasteiger partial charge on any atom is -0.338 e. The molecule has 2 unspecified atom stereocenters. The maximum absolute atomic E-state index is 11.3. The van der Waals surface area contributed by atoms with Crippen LogP contribution in [0.2, 0.25) is 0 Å². The summed E-state index contributed by atoms with van der Waals surface area (Å²) in [6, 6.07) is 0. The van der Waals surface area contributed by atoms with Gasteiger partial charge in [0.2, 0.25) is 3.79 Å². The van der Waals surface area contributed by atoms with Crippen LogP contribution in [0.3, 0.4) is 0 Å². The van der Waals surface area contributed by atoms with Crippen LogP contribution in [-0.4, -0.2) is 21.5 Å². The number of hydrogen-bond donors (Lipinski definition) is 1. The Morgan fingerprint density at radius 1 is 1.62 bits per heavy atom. The normalized spacial score (nSPS) is 34.8. The molecule has 13 heavy (non-hydrogen) atoms. The van der Waals surface area contributed by atoms with Crippen LogP contribution >= 0.6 is 34.8 Å². The Hall–Kier alpha value is 0.300. The van der Waals surface area contributed by atoms with Gasteiger partial charge in [-0.15, -0.1) is 0 Å². The molecule has 0 aromatic rings. The summed E-state index contributed by atoms with van der Waals surface area (Å²) in [5.74, 6) is -0.385. The van der Waals surface area contributed by atoms with E-state index in [1.165, 1.54) is 0 Å². The molecule has 0 spiro atoms.